The molecule has 110 valence electrons. The SMILES string of the molecule is Cc1cc(-c2cccc(C(=O)O)c2[N+](=O)[O-])c(C#N)c(=O)[nH]1. The minimum atomic E-state index is -1.46. The van der Waals surface area contributed by atoms with Crippen molar-refractivity contribution in [3.05, 3.63) is 61.6 Å². The van der Waals surface area contributed by atoms with Gasteiger partial charge in [0.2, 0.25) is 0 Å². The fourth-order valence-corrected chi connectivity index (χ4v) is 2.14. The number of aromatic nitrogens is 1. The zero-order valence-corrected chi connectivity index (χ0v) is 11.3. The molecule has 0 amide bonds. The van der Waals surface area contributed by atoms with Gasteiger partial charge in [0.15, 0.2) is 0 Å². The molecule has 0 spiro atoms. The number of carbonyl (C=O) groups is 1. The summed E-state index contributed by atoms with van der Waals surface area (Å²) in [5.41, 5.74) is -1.83. The van der Waals surface area contributed by atoms with E-state index in [0.717, 1.165) is 6.07 Å². The molecule has 1 aromatic heterocycles. The highest BCUT2D eigenvalue weighted by molar-refractivity contribution is 5.97. The third kappa shape index (κ3) is 2.43. The number of carboxylic acids is 1. The molecule has 1 heterocycles. The lowest BCUT2D eigenvalue weighted by Gasteiger charge is -2.08. The maximum absolute atomic E-state index is 11.8. The number of nitrogens with zero attached hydrogens (tertiary/aromatic N) is 2. The van der Waals surface area contributed by atoms with E-state index in [0.29, 0.717) is 5.69 Å². The Hall–Kier alpha value is -3.47. The normalized spacial score (nSPS) is 10.0. The van der Waals surface area contributed by atoms with Gasteiger partial charge in [0.1, 0.15) is 17.2 Å². The van der Waals surface area contributed by atoms with Crippen LogP contribution in [-0.2, 0) is 0 Å². The molecule has 8 heteroatoms. The van der Waals surface area contributed by atoms with E-state index < -0.39 is 27.7 Å². The van der Waals surface area contributed by atoms with Crippen LogP contribution in [0.1, 0.15) is 21.6 Å². The second kappa shape index (κ2) is 5.49. The van der Waals surface area contributed by atoms with Crippen LogP contribution in [0.5, 0.6) is 0 Å². The largest absolute Gasteiger partial charge is 0.477 e. The first kappa shape index (κ1) is 14.9. The summed E-state index contributed by atoms with van der Waals surface area (Å²) < 4.78 is 0. The number of benzene rings is 1. The molecule has 0 radical (unpaired) electrons. The number of aromatic amines is 1. The number of carboxylic acid groups (broad SMARTS) is 1. The van der Waals surface area contributed by atoms with Crippen LogP contribution in [0.3, 0.4) is 0 Å². The molecular formula is C14H9N3O5. The number of nitriles is 1. The maximum atomic E-state index is 11.8. The molecule has 0 atom stereocenters. The Morgan fingerprint density at radius 3 is 2.64 bits per heavy atom. The fourth-order valence-electron chi connectivity index (χ4n) is 2.14. The monoisotopic (exact) mass is 299 g/mol. The Balaban J connectivity index is 2.94. The number of rotatable bonds is 3. The Morgan fingerprint density at radius 2 is 2.09 bits per heavy atom. The van der Waals surface area contributed by atoms with E-state index in [1.165, 1.54) is 18.2 Å². The van der Waals surface area contributed by atoms with Gasteiger partial charge in [-0.2, -0.15) is 5.26 Å². The van der Waals surface area contributed by atoms with Gasteiger partial charge in [-0.1, -0.05) is 6.07 Å². The van der Waals surface area contributed by atoms with Gasteiger partial charge in [0.05, 0.1) is 10.5 Å². The van der Waals surface area contributed by atoms with Gasteiger partial charge in [-0.05, 0) is 25.1 Å². The minimum absolute atomic E-state index is 0.0264. The van der Waals surface area contributed by atoms with E-state index >= 15 is 0 Å². The molecule has 2 rings (SSSR count). The van der Waals surface area contributed by atoms with Crippen molar-refractivity contribution >= 4 is 11.7 Å². The number of pyridine rings is 1. The highest BCUT2D eigenvalue weighted by atomic mass is 16.6. The van der Waals surface area contributed by atoms with Crippen molar-refractivity contribution in [3.63, 3.8) is 0 Å². The number of nitrogens with one attached hydrogen (secondary N) is 1. The van der Waals surface area contributed by atoms with Gasteiger partial charge in [0, 0.05) is 11.3 Å². The van der Waals surface area contributed by atoms with E-state index in [1.807, 2.05) is 0 Å². The average molecular weight is 299 g/mol. The number of aryl methyl sites for hydroxylation is 1. The molecule has 0 aliphatic heterocycles. The lowest BCUT2D eigenvalue weighted by Crippen LogP contribution is -2.13. The molecule has 0 bridgehead atoms. The highest BCUT2D eigenvalue weighted by Crippen LogP contribution is 2.34. The summed E-state index contributed by atoms with van der Waals surface area (Å²) in [6, 6.07) is 6.81. The van der Waals surface area contributed by atoms with Crippen LogP contribution in [0.15, 0.2) is 29.1 Å². The molecule has 0 fully saturated rings. The second-order valence-electron chi connectivity index (χ2n) is 4.45. The molecule has 0 saturated heterocycles. The molecule has 0 aliphatic carbocycles. The Kier molecular flexibility index (Phi) is 3.73. The molecule has 22 heavy (non-hydrogen) atoms. The van der Waals surface area contributed by atoms with E-state index in [-0.39, 0.29) is 16.7 Å². The first-order valence-corrected chi connectivity index (χ1v) is 6.02. The van der Waals surface area contributed by atoms with Crippen LogP contribution in [0.25, 0.3) is 11.1 Å². The zero-order valence-electron chi connectivity index (χ0n) is 11.3. The van der Waals surface area contributed by atoms with Gasteiger partial charge < -0.3 is 10.1 Å². The van der Waals surface area contributed by atoms with Crippen molar-refractivity contribution in [2.45, 2.75) is 6.92 Å². The van der Waals surface area contributed by atoms with Crippen molar-refractivity contribution in [2.24, 2.45) is 0 Å². The summed E-state index contributed by atoms with van der Waals surface area (Å²) in [6.45, 7) is 1.55. The lowest BCUT2D eigenvalue weighted by molar-refractivity contribution is -0.384. The van der Waals surface area contributed by atoms with Crippen molar-refractivity contribution in [1.82, 2.24) is 4.98 Å². The predicted octanol–water partition coefficient (Wildman–Crippen LogP) is 1.83. The molecule has 0 saturated carbocycles. The summed E-state index contributed by atoms with van der Waals surface area (Å²) >= 11 is 0. The van der Waals surface area contributed by atoms with E-state index in [2.05, 4.69) is 4.98 Å². The Labute approximate surface area is 123 Å². The van der Waals surface area contributed by atoms with Gasteiger partial charge >= 0.3 is 5.97 Å². The van der Waals surface area contributed by atoms with Crippen LogP contribution < -0.4 is 5.56 Å². The Bertz CT molecular complexity index is 892. The molecule has 0 aliphatic rings. The summed E-state index contributed by atoms with van der Waals surface area (Å²) in [5.74, 6) is -1.46. The third-order valence-corrected chi connectivity index (χ3v) is 3.02. The molecule has 1 aromatic carbocycles. The van der Waals surface area contributed by atoms with Crippen LogP contribution in [-0.4, -0.2) is 21.0 Å². The fraction of sp³-hybridized carbons (Fsp3) is 0.0714. The second-order valence-corrected chi connectivity index (χ2v) is 4.45. The molecule has 8 nitrogen and oxygen atoms in total. The smallest absolute Gasteiger partial charge is 0.342 e. The topological polar surface area (TPSA) is 137 Å². The third-order valence-electron chi connectivity index (χ3n) is 3.02. The van der Waals surface area contributed by atoms with E-state index in [4.69, 9.17) is 10.4 Å². The standard InChI is InChI=1S/C14H9N3O5/c1-7-5-10(11(6-15)13(18)16-7)8-3-2-4-9(14(19)20)12(8)17(21)22/h2-5H,1H3,(H,16,18)(H,19,20). The van der Waals surface area contributed by atoms with Crippen LogP contribution >= 0.6 is 0 Å². The van der Waals surface area contributed by atoms with Gasteiger partial charge in [-0.3, -0.25) is 14.9 Å². The quantitative estimate of drug-likeness (QED) is 0.655. The molecule has 0 unspecified atom stereocenters. The average Bonchev–Trinajstić information content (AvgIpc) is 2.45. The van der Waals surface area contributed by atoms with E-state index in [1.54, 1.807) is 13.0 Å². The Morgan fingerprint density at radius 1 is 1.41 bits per heavy atom. The lowest BCUT2D eigenvalue weighted by atomic mass is 9.97. The van der Waals surface area contributed by atoms with Crippen molar-refractivity contribution in [2.75, 3.05) is 0 Å². The van der Waals surface area contributed by atoms with Crippen LogP contribution in [0, 0.1) is 28.4 Å². The maximum Gasteiger partial charge on any atom is 0.342 e. The van der Waals surface area contributed by atoms with E-state index in [9.17, 15) is 19.7 Å². The number of aromatic carboxylic acids is 1. The number of nitro groups is 1. The van der Waals surface area contributed by atoms with Gasteiger partial charge in [-0.15, -0.1) is 0 Å². The first-order chi connectivity index (χ1) is 10.4. The van der Waals surface area contributed by atoms with Gasteiger partial charge in [-0.25, -0.2) is 4.79 Å². The van der Waals surface area contributed by atoms with Crippen molar-refractivity contribution in [3.8, 4) is 17.2 Å². The highest BCUT2D eigenvalue weighted by Gasteiger charge is 2.27. The summed E-state index contributed by atoms with van der Waals surface area (Å²) in [7, 11) is 0. The van der Waals surface area contributed by atoms with Crippen LogP contribution in [0.2, 0.25) is 0 Å². The predicted molar refractivity (Wildman–Crippen MR) is 75.6 cm³/mol. The minimum Gasteiger partial charge on any atom is -0.477 e. The number of H-pyrrole nitrogens is 1. The summed E-state index contributed by atoms with van der Waals surface area (Å²) in [4.78, 5) is 35.8. The van der Waals surface area contributed by atoms with Crippen LogP contribution in [0.4, 0.5) is 5.69 Å². The number of hydrogen-bond donors (Lipinski definition) is 2. The van der Waals surface area contributed by atoms with Crippen molar-refractivity contribution in [1.29, 1.82) is 5.26 Å². The number of nitro benzene ring substituents is 1. The zero-order chi connectivity index (χ0) is 16.4. The summed E-state index contributed by atoms with van der Waals surface area (Å²) in [6.07, 6.45) is 0. The number of para-hydroxylation sites is 1. The first-order valence-electron chi connectivity index (χ1n) is 6.02. The molecular weight excluding hydrogens is 290 g/mol. The number of hydrogen-bond acceptors (Lipinski definition) is 5. The summed E-state index contributed by atoms with van der Waals surface area (Å²) in [5, 5.41) is 29.5. The molecule has 2 N–H and O–H groups in total. The van der Waals surface area contributed by atoms with Crippen molar-refractivity contribution < 1.29 is 14.8 Å². The molecule has 2 aromatic rings. The van der Waals surface area contributed by atoms with Gasteiger partial charge in [0.25, 0.3) is 11.2 Å².